The summed E-state index contributed by atoms with van der Waals surface area (Å²) in [6.07, 6.45) is 6.01. The smallest absolute Gasteiger partial charge is 0.356 e. The maximum absolute atomic E-state index is 12.7. The lowest BCUT2D eigenvalue weighted by Gasteiger charge is -2.47. The van der Waals surface area contributed by atoms with E-state index in [-0.39, 0.29) is 40.1 Å². The second-order valence-corrected chi connectivity index (χ2v) is 8.80. The summed E-state index contributed by atoms with van der Waals surface area (Å²) in [5.41, 5.74) is 9.08. The third-order valence-corrected chi connectivity index (χ3v) is 6.84. The van der Waals surface area contributed by atoms with Crippen LogP contribution in [0.15, 0.2) is 47.4 Å². The summed E-state index contributed by atoms with van der Waals surface area (Å²) in [4.78, 5) is 25.5. The summed E-state index contributed by atoms with van der Waals surface area (Å²) in [5.74, 6) is -0.361. The van der Waals surface area contributed by atoms with E-state index in [1.54, 1.807) is 0 Å². The van der Waals surface area contributed by atoms with Crippen LogP contribution in [0.4, 0.5) is 17.5 Å². The number of hydrogen-bond acceptors (Lipinski definition) is 9. The van der Waals surface area contributed by atoms with Gasteiger partial charge in [-0.25, -0.2) is 14.3 Å². The molecule has 2 aromatic heterocycles. The zero-order chi connectivity index (χ0) is 23.4. The number of phenols is 2. The van der Waals surface area contributed by atoms with Gasteiger partial charge >= 0.3 is 5.69 Å². The standard InChI is InChI=1S/C24H23N7O3/c25-20-15-12-26-22(28-14-5-6-16-13(11-14)7-10-27-24(16)8-2-9-24)29-21(15)30-23(34)31(20)19-17(32)3-1-4-18(19)33/h1,3-6,11-12,27,32-33H,2,7-10,25H2,(H,28,29,30,34). The molecule has 0 bridgehead atoms. The van der Waals surface area contributed by atoms with Gasteiger partial charge in [-0.15, -0.1) is 0 Å². The van der Waals surface area contributed by atoms with Gasteiger partial charge < -0.3 is 26.6 Å². The van der Waals surface area contributed by atoms with Gasteiger partial charge in [0.05, 0.1) is 5.39 Å². The lowest BCUT2D eigenvalue weighted by Crippen LogP contribution is -2.51. The molecule has 0 unspecified atom stereocenters. The van der Waals surface area contributed by atoms with Gasteiger partial charge in [-0.2, -0.15) is 9.97 Å². The molecule has 0 radical (unpaired) electrons. The summed E-state index contributed by atoms with van der Waals surface area (Å²) in [7, 11) is 0. The molecule has 0 atom stereocenters. The zero-order valence-electron chi connectivity index (χ0n) is 18.2. The lowest BCUT2D eigenvalue weighted by molar-refractivity contribution is 0.176. The first-order chi connectivity index (χ1) is 16.4. The average molecular weight is 457 g/mol. The molecule has 2 aliphatic rings. The molecule has 1 spiro atoms. The van der Waals surface area contributed by atoms with Gasteiger partial charge in [-0.1, -0.05) is 12.1 Å². The van der Waals surface area contributed by atoms with Crippen LogP contribution in [0.3, 0.4) is 0 Å². The molecule has 1 saturated carbocycles. The number of fused-ring (bicyclic) bond motifs is 3. The Labute approximate surface area is 194 Å². The molecule has 6 rings (SSSR count). The fourth-order valence-electron chi connectivity index (χ4n) is 5.01. The molecule has 0 saturated heterocycles. The van der Waals surface area contributed by atoms with E-state index in [0.717, 1.165) is 23.2 Å². The molecule has 10 nitrogen and oxygen atoms in total. The van der Waals surface area contributed by atoms with Gasteiger partial charge in [0.1, 0.15) is 23.0 Å². The minimum Gasteiger partial charge on any atom is -0.506 e. The van der Waals surface area contributed by atoms with E-state index in [1.807, 2.05) is 6.07 Å². The van der Waals surface area contributed by atoms with Crippen molar-refractivity contribution in [3.05, 3.63) is 64.2 Å². The highest BCUT2D eigenvalue weighted by molar-refractivity contribution is 5.86. The van der Waals surface area contributed by atoms with Crippen LogP contribution in [-0.4, -0.2) is 36.3 Å². The normalized spacial score (nSPS) is 16.2. The van der Waals surface area contributed by atoms with Gasteiger partial charge in [0.2, 0.25) is 5.95 Å². The first-order valence-corrected chi connectivity index (χ1v) is 11.2. The SMILES string of the molecule is Nc1c2cnc(Nc3ccc4c(c3)CCNC43CCC3)nc2nc(=O)n1-c1c(O)cccc1O. The maximum Gasteiger partial charge on any atom is 0.356 e. The van der Waals surface area contributed by atoms with Crippen molar-refractivity contribution in [3.8, 4) is 17.2 Å². The third-order valence-electron chi connectivity index (χ3n) is 6.84. The molecular formula is C24H23N7O3. The molecule has 1 aliphatic heterocycles. The second-order valence-electron chi connectivity index (χ2n) is 8.80. The largest absolute Gasteiger partial charge is 0.506 e. The predicted octanol–water partition coefficient (Wildman–Crippen LogP) is 2.44. The summed E-state index contributed by atoms with van der Waals surface area (Å²) < 4.78 is 0.942. The molecule has 0 amide bonds. The van der Waals surface area contributed by atoms with Crippen molar-refractivity contribution in [3.63, 3.8) is 0 Å². The number of benzene rings is 2. The van der Waals surface area contributed by atoms with Crippen molar-refractivity contribution in [2.24, 2.45) is 0 Å². The number of para-hydroxylation sites is 1. The first kappa shape index (κ1) is 20.4. The molecule has 34 heavy (non-hydrogen) atoms. The van der Waals surface area contributed by atoms with Crippen LogP contribution in [0.5, 0.6) is 11.5 Å². The third kappa shape index (κ3) is 3.06. The van der Waals surface area contributed by atoms with Crippen molar-refractivity contribution >= 4 is 28.5 Å². The van der Waals surface area contributed by atoms with Crippen LogP contribution in [0.1, 0.15) is 30.4 Å². The summed E-state index contributed by atoms with van der Waals surface area (Å²) in [6.45, 7) is 0.963. The highest BCUT2D eigenvalue weighted by Gasteiger charge is 2.41. The zero-order valence-corrected chi connectivity index (χ0v) is 18.2. The molecule has 1 fully saturated rings. The van der Waals surface area contributed by atoms with E-state index in [2.05, 4.69) is 37.7 Å². The average Bonchev–Trinajstić information content (AvgIpc) is 2.79. The van der Waals surface area contributed by atoms with Crippen LogP contribution in [0.25, 0.3) is 16.7 Å². The van der Waals surface area contributed by atoms with E-state index in [9.17, 15) is 15.0 Å². The minimum atomic E-state index is -0.779. The van der Waals surface area contributed by atoms with E-state index in [4.69, 9.17) is 5.73 Å². The van der Waals surface area contributed by atoms with Crippen molar-refractivity contribution in [1.29, 1.82) is 0 Å². The number of hydrogen-bond donors (Lipinski definition) is 5. The van der Waals surface area contributed by atoms with Crippen molar-refractivity contribution in [2.75, 3.05) is 17.6 Å². The van der Waals surface area contributed by atoms with E-state index in [1.165, 1.54) is 54.8 Å². The minimum absolute atomic E-state index is 0.0366. The maximum atomic E-state index is 12.7. The second kappa shape index (κ2) is 7.42. The Balaban J connectivity index is 1.36. The van der Waals surface area contributed by atoms with Gasteiger partial charge in [0, 0.05) is 24.0 Å². The van der Waals surface area contributed by atoms with Crippen LogP contribution in [0.2, 0.25) is 0 Å². The molecule has 172 valence electrons. The van der Waals surface area contributed by atoms with Crippen molar-refractivity contribution in [2.45, 2.75) is 31.2 Å². The molecule has 2 aromatic carbocycles. The highest BCUT2D eigenvalue weighted by atomic mass is 16.3. The Kier molecular flexibility index (Phi) is 4.46. The monoisotopic (exact) mass is 457 g/mol. The fourth-order valence-corrected chi connectivity index (χ4v) is 5.01. The quantitative estimate of drug-likeness (QED) is 0.312. The number of phenolic OH excluding ortho intramolecular Hbond substituents is 2. The summed E-state index contributed by atoms with van der Waals surface area (Å²) in [6, 6.07) is 10.4. The molecule has 3 heterocycles. The van der Waals surface area contributed by atoms with Gasteiger partial charge in [0.15, 0.2) is 5.65 Å². The Morgan fingerprint density at radius 1 is 1.12 bits per heavy atom. The number of anilines is 3. The number of nitrogens with two attached hydrogens (primary N) is 1. The summed E-state index contributed by atoms with van der Waals surface area (Å²) >= 11 is 0. The number of nitrogens with zero attached hydrogens (tertiary/aromatic N) is 4. The van der Waals surface area contributed by atoms with Crippen LogP contribution in [-0.2, 0) is 12.0 Å². The lowest BCUT2D eigenvalue weighted by atomic mass is 9.68. The molecular weight excluding hydrogens is 434 g/mol. The Morgan fingerprint density at radius 3 is 2.65 bits per heavy atom. The molecule has 4 aromatic rings. The van der Waals surface area contributed by atoms with Gasteiger partial charge in [-0.3, -0.25) is 0 Å². The van der Waals surface area contributed by atoms with Gasteiger partial charge in [-0.05, 0) is 61.1 Å². The number of aromatic hydroxyl groups is 2. The van der Waals surface area contributed by atoms with Crippen LogP contribution < -0.4 is 22.1 Å². The van der Waals surface area contributed by atoms with Crippen molar-refractivity contribution < 1.29 is 10.2 Å². The van der Waals surface area contributed by atoms with E-state index < -0.39 is 5.69 Å². The predicted molar refractivity (Wildman–Crippen MR) is 128 cm³/mol. The summed E-state index contributed by atoms with van der Waals surface area (Å²) in [5, 5.41) is 27.5. The topological polar surface area (TPSA) is 151 Å². The number of rotatable bonds is 3. The Morgan fingerprint density at radius 2 is 1.91 bits per heavy atom. The number of nitrogens with one attached hydrogen (secondary N) is 2. The Bertz CT molecular complexity index is 1490. The van der Waals surface area contributed by atoms with Crippen LogP contribution >= 0.6 is 0 Å². The Hall–Kier alpha value is -4.18. The first-order valence-electron chi connectivity index (χ1n) is 11.2. The van der Waals surface area contributed by atoms with Gasteiger partial charge in [0.25, 0.3) is 0 Å². The molecule has 1 aliphatic carbocycles. The highest BCUT2D eigenvalue weighted by Crippen LogP contribution is 2.45. The number of aromatic nitrogens is 4. The van der Waals surface area contributed by atoms with E-state index in [0.29, 0.717) is 5.39 Å². The fraction of sp³-hybridized carbons (Fsp3) is 0.250. The van der Waals surface area contributed by atoms with Crippen molar-refractivity contribution in [1.82, 2.24) is 24.8 Å². The number of nitrogen functional groups attached to an aromatic ring is 1. The van der Waals surface area contributed by atoms with E-state index >= 15 is 0 Å². The molecule has 10 heteroatoms. The van der Waals surface area contributed by atoms with Crippen LogP contribution in [0, 0.1) is 0 Å². The molecule has 6 N–H and O–H groups in total.